The van der Waals surface area contributed by atoms with Crippen LogP contribution in [-0.4, -0.2) is 147 Å². The number of nitrogens with one attached hydrogen (secondary N) is 7. The first-order valence-corrected chi connectivity index (χ1v) is 28.7. The summed E-state index contributed by atoms with van der Waals surface area (Å²) in [5, 5.41) is 31.9. The number of alkyl carbamates (subject to hydrolysis) is 1. The zero-order chi connectivity index (χ0) is 61.6. The first-order chi connectivity index (χ1) is 39.8. The van der Waals surface area contributed by atoms with Gasteiger partial charge >= 0.3 is 18.2 Å². The van der Waals surface area contributed by atoms with Gasteiger partial charge < -0.3 is 66.0 Å². The molecule has 2 aromatic carbocycles. The van der Waals surface area contributed by atoms with Gasteiger partial charge in [0.15, 0.2) is 10.8 Å². The number of hydrogen-bond donors (Lipinski definition) is 9. The first kappa shape index (κ1) is 65.7. The number of ether oxygens (including phenoxy) is 5. The van der Waals surface area contributed by atoms with E-state index in [0.29, 0.717) is 50.1 Å². The van der Waals surface area contributed by atoms with Gasteiger partial charge in [-0.25, -0.2) is 14.4 Å². The Bertz CT molecular complexity index is 2890. The number of halogens is 1. The Morgan fingerprint density at radius 3 is 2.30 bits per heavy atom. The Balaban J connectivity index is 1.20. The first-order valence-electron chi connectivity index (χ1n) is 27.9. The van der Waals surface area contributed by atoms with Gasteiger partial charge in [0.05, 0.1) is 32.0 Å². The molecule has 3 heterocycles. The van der Waals surface area contributed by atoms with Gasteiger partial charge in [-0.05, 0) is 112 Å². The van der Waals surface area contributed by atoms with Gasteiger partial charge in [0.2, 0.25) is 17.7 Å². The van der Waals surface area contributed by atoms with Crippen LogP contribution in [0.3, 0.4) is 0 Å². The molecule has 6 rings (SSSR count). The molecule has 0 radical (unpaired) electrons. The van der Waals surface area contributed by atoms with Gasteiger partial charge in [-0.15, -0.1) is 0 Å². The van der Waals surface area contributed by atoms with Crippen molar-refractivity contribution in [2.24, 2.45) is 28.9 Å². The molecule has 1 aliphatic carbocycles. The molecule has 0 aromatic heterocycles. The van der Waals surface area contributed by atoms with Gasteiger partial charge in [-0.3, -0.25) is 39.5 Å². The summed E-state index contributed by atoms with van der Waals surface area (Å²) in [6, 6.07) is 5.22. The van der Waals surface area contributed by atoms with Gasteiger partial charge in [-0.1, -0.05) is 63.1 Å². The van der Waals surface area contributed by atoms with Crippen LogP contribution in [0.5, 0.6) is 11.5 Å². The second-order valence-electron chi connectivity index (χ2n) is 22.1. The number of allylic oxidation sites excluding steroid dienone is 3. The minimum absolute atomic E-state index is 0.0442. The summed E-state index contributed by atoms with van der Waals surface area (Å²) in [7, 11) is 5.85. The van der Waals surface area contributed by atoms with E-state index in [1.165, 1.54) is 56.6 Å². The van der Waals surface area contributed by atoms with Gasteiger partial charge in [0, 0.05) is 69.5 Å². The number of benzene rings is 2. The minimum atomic E-state index is -1.86. The summed E-state index contributed by atoms with van der Waals surface area (Å²) < 4.78 is 29.2. The normalized spacial score (nSPS) is 25.0. The quantitative estimate of drug-likeness (QED) is 0.0436. The predicted octanol–water partition coefficient (Wildman–Crippen LogP) is 5.71. The number of carbonyl (C=O) groups is 8. The smallest absolute Gasteiger partial charge is 0.412 e. The molecule has 26 heteroatoms. The lowest BCUT2D eigenvalue weighted by Gasteiger charge is -2.55. The number of aliphatic hydroxyl groups is 1. The van der Waals surface area contributed by atoms with Crippen LogP contribution in [0.15, 0.2) is 66.3 Å². The van der Waals surface area contributed by atoms with Crippen molar-refractivity contribution in [1.82, 2.24) is 31.5 Å². The van der Waals surface area contributed by atoms with E-state index in [4.69, 9.17) is 53.2 Å². The molecule has 2 aromatic rings. The molecule has 4 bridgehead atoms. The number of anilines is 3. The molecule has 0 unspecified atom stereocenters. The van der Waals surface area contributed by atoms with E-state index < -0.39 is 83.4 Å². The number of methoxy groups -OCH3 is 3. The lowest BCUT2D eigenvalue weighted by Crippen LogP contribution is -2.64. The maximum absolute atomic E-state index is 14.6. The van der Waals surface area contributed by atoms with E-state index in [2.05, 4.69) is 37.2 Å². The fourth-order valence-electron chi connectivity index (χ4n) is 11.0. The van der Waals surface area contributed by atoms with E-state index in [1.54, 1.807) is 45.2 Å². The van der Waals surface area contributed by atoms with Crippen molar-refractivity contribution in [2.75, 3.05) is 63.5 Å². The number of thiocarbonyl (C=S) groups is 1. The van der Waals surface area contributed by atoms with Crippen LogP contribution in [0.25, 0.3) is 0 Å². The number of amides is 9. The molecule has 1 saturated heterocycles. The SMILES string of the molecule is COc1cc(NC(=O)[C@H](CCCNC(N)=O)NC(=O)[C@@H](NC(=S)NCCCCN2C(=O)C=CC2=O)C(C)C)ccc1NC(=O)O[C@H]1CC(=O)N(C)c2cc(cc(OC)c2Cl)C/C(C)=C/C=C/[C@@H](OC)[C@@]2(O)C[C@H](OC(=O)N2)[C@@H](C)[C@@H]2CC[C@@]12C. The topological polar surface area (TPSA) is 320 Å². The molecule has 1 saturated carbocycles. The molecule has 24 nitrogen and oxygen atoms in total. The van der Waals surface area contributed by atoms with Crippen LogP contribution in [0, 0.1) is 23.2 Å². The molecule has 0 spiro atoms. The summed E-state index contributed by atoms with van der Waals surface area (Å²) >= 11 is 12.4. The number of fused-ring (bicyclic) bond motifs is 5. The number of nitrogens with zero attached hydrogens (tertiary/aromatic N) is 2. The predicted molar refractivity (Wildman–Crippen MR) is 318 cm³/mol. The molecule has 84 heavy (non-hydrogen) atoms. The molecule has 9 atom stereocenters. The monoisotopic (exact) mass is 1210 g/mol. The zero-order valence-corrected chi connectivity index (χ0v) is 50.5. The van der Waals surface area contributed by atoms with Crippen LogP contribution in [0.2, 0.25) is 5.02 Å². The van der Waals surface area contributed by atoms with Crippen molar-refractivity contribution in [1.29, 1.82) is 0 Å². The third-order valence-corrected chi connectivity index (χ3v) is 16.6. The summed E-state index contributed by atoms with van der Waals surface area (Å²) in [6.07, 6.45) is 5.67. The molecule has 4 aliphatic rings. The maximum Gasteiger partial charge on any atom is 0.412 e. The lowest BCUT2D eigenvalue weighted by molar-refractivity contribution is -0.166. The number of unbranched alkanes of at least 4 members (excludes halogenated alkanes) is 1. The molecule has 9 amide bonds. The summed E-state index contributed by atoms with van der Waals surface area (Å²) in [6.45, 7) is 10.1. The second kappa shape index (κ2) is 29.4. The number of primary amides is 1. The van der Waals surface area contributed by atoms with Crippen molar-refractivity contribution in [3.63, 3.8) is 0 Å². The van der Waals surface area contributed by atoms with Crippen molar-refractivity contribution < 1.29 is 67.1 Å². The number of imide groups is 1. The molecule has 10 N–H and O–H groups in total. The summed E-state index contributed by atoms with van der Waals surface area (Å²) in [5.74, 6) is -2.90. The molecular weight excluding hydrogens is 1130 g/mol. The van der Waals surface area contributed by atoms with Crippen LogP contribution < -0.4 is 57.3 Å². The van der Waals surface area contributed by atoms with E-state index in [0.717, 1.165) is 16.0 Å². The fourth-order valence-corrected chi connectivity index (χ4v) is 11.6. The van der Waals surface area contributed by atoms with Crippen molar-refractivity contribution in [3.05, 3.63) is 76.9 Å². The number of nitrogens with two attached hydrogens (primary N) is 1. The Labute approximate surface area is 499 Å². The zero-order valence-electron chi connectivity index (χ0n) is 48.9. The Morgan fingerprint density at radius 2 is 1.65 bits per heavy atom. The van der Waals surface area contributed by atoms with Gasteiger partial charge in [-0.2, -0.15) is 0 Å². The standard InChI is InChI=1S/C58H79ClN10O14S/c1-32(2)50(66-54(84)62-23-10-11-25-69-46(70)19-20-47(69)71)52(74)64-39(15-13-24-61-53(60)75)51(73)63-36-17-18-38(41(29-36)79-7)65-55(76)83-45-30-48(72)68(6)40-27-35(28-42(80-8)49(40)59)26-33(3)14-12-16-44(81-9)58(78)31-43(82-56(77)67-58)34(4)37-21-22-57(37,45)5/h12,14,16-20,27-29,32,34,37,39,43-45,50,78H,10-11,13,15,21-26,30-31H2,1-9H3,(H,63,73)(H,64,74)(H,65,76)(H,67,77)(H3,60,61,75)(H2,62,66,84)/b16-12+,33-14+/t34-,37-,39-,43-,44+,45-,50-,57+,58-/m0/s1. The second-order valence-corrected chi connectivity index (χ2v) is 22.9. The number of urea groups is 1. The van der Waals surface area contributed by atoms with E-state index in [-0.39, 0.29) is 89.7 Å². The Kier molecular flexibility index (Phi) is 23.0. The van der Waals surface area contributed by atoms with Crippen LogP contribution in [-0.2, 0) is 44.6 Å². The third kappa shape index (κ3) is 16.7. The molecule has 458 valence electrons. The lowest BCUT2D eigenvalue weighted by atomic mass is 9.53. The molecule has 3 aliphatic heterocycles. The molecular formula is C58H79ClN10O14S. The highest BCUT2D eigenvalue weighted by Crippen LogP contribution is 2.56. The van der Waals surface area contributed by atoms with Crippen molar-refractivity contribution in [2.45, 2.75) is 129 Å². The van der Waals surface area contributed by atoms with Gasteiger partial charge in [0.25, 0.3) is 11.8 Å². The average molecular weight is 1210 g/mol. The number of hydrogen-bond acceptors (Lipinski definition) is 15. The number of carbonyl (C=O) groups excluding carboxylic acids is 8. The van der Waals surface area contributed by atoms with Crippen molar-refractivity contribution >= 4 is 93.7 Å². The Hall–Kier alpha value is -7.48. The van der Waals surface area contributed by atoms with Crippen LogP contribution in [0.4, 0.5) is 31.4 Å². The highest BCUT2D eigenvalue weighted by atomic mass is 35.5. The summed E-state index contributed by atoms with van der Waals surface area (Å²) in [5.41, 5.74) is 4.93. The summed E-state index contributed by atoms with van der Waals surface area (Å²) in [4.78, 5) is 108. The Morgan fingerprint density at radius 1 is 0.952 bits per heavy atom. The largest absolute Gasteiger partial charge is 0.495 e. The van der Waals surface area contributed by atoms with E-state index >= 15 is 0 Å². The van der Waals surface area contributed by atoms with Gasteiger partial charge in [0.1, 0.15) is 46.9 Å². The fraction of sp³-hybridized carbons (Fsp3) is 0.534. The third-order valence-electron chi connectivity index (χ3n) is 15.9. The van der Waals surface area contributed by atoms with E-state index in [9.17, 15) is 43.5 Å². The highest BCUT2D eigenvalue weighted by molar-refractivity contribution is 7.80. The highest BCUT2D eigenvalue weighted by Gasteiger charge is 2.57. The minimum Gasteiger partial charge on any atom is -0.495 e. The maximum atomic E-state index is 14.6. The van der Waals surface area contributed by atoms with Crippen LogP contribution in [0.1, 0.15) is 91.5 Å². The van der Waals surface area contributed by atoms with Crippen molar-refractivity contribution in [3.8, 4) is 11.5 Å². The molecule has 2 fully saturated rings. The number of rotatable bonds is 20. The van der Waals surface area contributed by atoms with Crippen LogP contribution >= 0.6 is 23.8 Å². The average Bonchev–Trinajstić information content (AvgIpc) is 1.65. The van der Waals surface area contributed by atoms with E-state index in [1.807, 2.05) is 26.8 Å².